The van der Waals surface area contributed by atoms with E-state index in [1.807, 2.05) is 29.2 Å². The van der Waals surface area contributed by atoms with Crippen LogP contribution in [0.15, 0.2) is 24.3 Å². The highest BCUT2D eigenvalue weighted by Gasteiger charge is 2.27. The number of nitrogens with zero attached hydrogens (tertiary/aromatic N) is 3. The van der Waals surface area contributed by atoms with Crippen LogP contribution in [0, 0.1) is 5.92 Å². The van der Waals surface area contributed by atoms with Gasteiger partial charge in [0.05, 0.1) is 7.11 Å². The van der Waals surface area contributed by atoms with E-state index in [9.17, 15) is 4.79 Å². The van der Waals surface area contributed by atoms with E-state index in [1.54, 1.807) is 18.4 Å². The molecule has 0 aliphatic carbocycles. The number of nitrogens with one attached hydrogen (secondary N) is 1. The van der Waals surface area contributed by atoms with Gasteiger partial charge < -0.3 is 15.0 Å². The fourth-order valence-electron chi connectivity index (χ4n) is 3.10. The van der Waals surface area contributed by atoms with Crippen LogP contribution in [0.1, 0.15) is 42.6 Å². The zero-order valence-electron chi connectivity index (χ0n) is 15.6. The van der Waals surface area contributed by atoms with Crippen LogP contribution in [-0.4, -0.2) is 41.3 Å². The first-order valence-electron chi connectivity index (χ1n) is 9.07. The van der Waals surface area contributed by atoms with Crippen molar-refractivity contribution >= 4 is 23.1 Å². The van der Waals surface area contributed by atoms with Crippen molar-refractivity contribution in [1.82, 2.24) is 15.1 Å². The van der Waals surface area contributed by atoms with Gasteiger partial charge in [0.1, 0.15) is 15.8 Å². The molecule has 1 saturated heterocycles. The Morgan fingerprint density at radius 2 is 2.12 bits per heavy atom. The van der Waals surface area contributed by atoms with Gasteiger partial charge in [-0.3, -0.25) is 0 Å². The summed E-state index contributed by atoms with van der Waals surface area (Å²) in [6, 6.07) is 7.31. The number of piperidine rings is 1. The molecule has 1 fully saturated rings. The molecule has 2 aromatic rings. The lowest BCUT2D eigenvalue weighted by Gasteiger charge is -2.31. The third-order valence-electron chi connectivity index (χ3n) is 4.46. The van der Waals surface area contributed by atoms with E-state index >= 15 is 0 Å². The minimum absolute atomic E-state index is 0.0632. The Bertz CT molecular complexity index is 729. The highest BCUT2D eigenvalue weighted by molar-refractivity contribution is 7.11. The average Bonchev–Trinajstić information content (AvgIpc) is 3.10. The van der Waals surface area contributed by atoms with E-state index in [-0.39, 0.29) is 11.9 Å². The summed E-state index contributed by atoms with van der Waals surface area (Å²) in [4.78, 5) is 14.5. The number of anilines is 1. The van der Waals surface area contributed by atoms with Crippen LogP contribution in [0.5, 0.6) is 5.75 Å². The topological polar surface area (TPSA) is 67.3 Å². The molecule has 0 bridgehead atoms. The van der Waals surface area contributed by atoms with Crippen LogP contribution in [-0.2, 0) is 6.42 Å². The van der Waals surface area contributed by atoms with E-state index in [0.29, 0.717) is 12.5 Å². The number of rotatable bonds is 5. The molecule has 0 saturated carbocycles. The number of likely N-dealkylation sites (tertiary alicyclic amines) is 1. The van der Waals surface area contributed by atoms with Gasteiger partial charge >= 0.3 is 6.03 Å². The van der Waals surface area contributed by atoms with Crippen LogP contribution in [0.2, 0.25) is 0 Å². The van der Waals surface area contributed by atoms with Crippen molar-refractivity contribution in [2.24, 2.45) is 5.92 Å². The first-order chi connectivity index (χ1) is 12.5. The molecule has 0 spiro atoms. The molecule has 6 nitrogen and oxygen atoms in total. The fourth-order valence-corrected chi connectivity index (χ4v) is 4.28. The van der Waals surface area contributed by atoms with Gasteiger partial charge in [-0.15, -0.1) is 21.5 Å². The van der Waals surface area contributed by atoms with E-state index in [2.05, 4.69) is 29.4 Å². The SMILES string of the molecule is COc1ccc(NC(=O)N2CCCC(c3nnc(CC(C)C)s3)C2)cc1. The summed E-state index contributed by atoms with van der Waals surface area (Å²) in [5.41, 5.74) is 0.771. The number of hydrogen-bond acceptors (Lipinski definition) is 5. The molecule has 140 valence electrons. The first-order valence-corrected chi connectivity index (χ1v) is 9.89. The van der Waals surface area contributed by atoms with Gasteiger partial charge in [-0.25, -0.2) is 4.79 Å². The Labute approximate surface area is 158 Å². The van der Waals surface area contributed by atoms with E-state index in [1.165, 1.54) is 0 Å². The van der Waals surface area contributed by atoms with Crippen LogP contribution in [0.25, 0.3) is 0 Å². The predicted molar refractivity (Wildman–Crippen MR) is 104 cm³/mol. The van der Waals surface area contributed by atoms with Crippen molar-refractivity contribution in [3.8, 4) is 5.75 Å². The number of carbonyl (C=O) groups excluding carboxylic acids is 1. The number of carbonyl (C=O) groups is 1. The predicted octanol–water partition coefficient (Wildman–Crippen LogP) is 4.16. The summed E-state index contributed by atoms with van der Waals surface area (Å²) >= 11 is 1.70. The Hall–Kier alpha value is -2.15. The van der Waals surface area contributed by atoms with E-state index in [0.717, 1.165) is 47.3 Å². The molecule has 1 unspecified atom stereocenters. The highest BCUT2D eigenvalue weighted by Crippen LogP contribution is 2.30. The van der Waals surface area contributed by atoms with Gasteiger partial charge in [-0.1, -0.05) is 13.8 Å². The molecule has 1 N–H and O–H groups in total. The summed E-state index contributed by atoms with van der Waals surface area (Å²) in [5, 5.41) is 13.8. The van der Waals surface area contributed by atoms with Crippen LogP contribution >= 0.6 is 11.3 Å². The second-order valence-corrected chi connectivity index (χ2v) is 8.17. The molecule has 0 radical (unpaired) electrons. The molecule has 1 aromatic heterocycles. The summed E-state index contributed by atoms with van der Waals surface area (Å²) in [6.45, 7) is 5.84. The molecule has 1 atom stereocenters. The lowest BCUT2D eigenvalue weighted by molar-refractivity contribution is 0.192. The normalized spacial score (nSPS) is 17.4. The smallest absolute Gasteiger partial charge is 0.321 e. The van der Waals surface area contributed by atoms with Crippen molar-refractivity contribution in [3.05, 3.63) is 34.3 Å². The lowest BCUT2D eigenvalue weighted by Crippen LogP contribution is -2.41. The minimum atomic E-state index is -0.0632. The molecule has 1 aliphatic rings. The van der Waals surface area contributed by atoms with Crippen LogP contribution in [0.3, 0.4) is 0 Å². The third kappa shape index (κ3) is 4.72. The van der Waals surface area contributed by atoms with E-state index in [4.69, 9.17) is 4.74 Å². The fraction of sp³-hybridized carbons (Fsp3) is 0.526. The molecule has 1 aliphatic heterocycles. The second kappa shape index (κ2) is 8.49. The van der Waals surface area contributed by atoms with Gasteiger partial charge in [-0.2, -0.15) is 0 Å². The number of methoxy groups -OCH3 is 1. The quantitative estimate of drug-likeness (QED) is 0.853. The van der Waals surface area contributed by atoms with Crippen LogP contribution < -0.4 is 10.1 Å². The van der Waals surface area contributed by atoms with Gasteiger partial charge in [0.25, 0.3) is 0 Å². The number of ether oxygens (including phenoxy) is 1. The van der Waals surface area contributed by atoms with Crippen LogP contribution in [0.4, 0.5) is 10.5 Å². The van der Waals surface area contributed by atoms with Gasteiger partial charge in [0.2, 0.25) is 0 Å². The first kappa shape index (κ1) is 18.6. The summed E-state index contributed by atoms with van der Waals surface area (Å²) < 4.78 is 5.14. The maximum Gasteiger partial charge on any atom is 0.321 e. The van der Waals surface area contributed by atoms with Gasteiger partial charge in [0, 0.05) is 31.1 Å². The summed E-state index contributed by atoms with van der Waals surface area (Å²) in [6.07, 6.45) is 3.01. The largest absolute Gasteiger partial charge is 0.497 e. The van der Waals surface area contributed by atoms with Crippen molar-refractivity contribution in [1.29, 1.82) is 0 Å². The van der Waals surface area contributed by atoms with Crippen molar-refractivity contribution in [2.75, 3.05) is 25.5 Å². The van der Waals surface area contributed by atoms with Crippen molar-refractivity contribution < 1.29 is 9.53 Å². The second-order valence-electron chi connectivity index (χ2n) is 7.08. The highest BCUT2D eigenvalue weighted by atomic mass is 32.1. The number of amides is 2. The Morgan fingerprint density at radius 1 is 1.35 bits per heavy atom. The van der Waals surface area contributed by atoms with E-state index < -0.39 is 0 Å². The zero-order valence-corrected chi connectivity index (χ0v) is 16.4. The Kier molecular flexibility index (Phi) is 6.08. The minimum Gasteiger partial charge on any atom is -0.497 e. The maximum absolute atomic E-state index is 12.6. The third-order valence-corrected chi connectivity index (χ3v) is 5.57. The average molecular weight is 375 g/mol. The van der Waals surface area contributed by atoms with Gasteiger partial charge in [0.15, 0.2) is 0 Å². The summed E-state index contributed by atoms with van der Waals surface area (Å²) in [5.74, 6) is 1.63. The molecule has 7 heteroatoms. The molecule has 1 aromatic carbocycles. The molecule has 2 amide bonds. The van der Waals surface area contributed by atoms with Gasteiger partial charge in [-0.05, 0) is 43.0 Å². The molecular formula is C19H26N4O2S. The van der Waals surface area contributed by atoms with Crippen molar-refractivity contribution in [3.63, 3.8) is 0 Å². The summed E-state index contributed by atoms with van der Waals surface area (Å²) in [7, 11) is 1.63. The number of hydrogen-bond donors (Lipinski definition) is 1. The van der Waals surface area contributed by atoms with Crippen molar-refractivity contribution in [2.45, 2.75) is 39.0 Å². The lowest BCUT2D eigenvalue weighted by atomic mass is 9.99. The molecule has 26 heavy (non-hydrogen) atoms. The number of aromatic nitrogens is 2. The standard InChI is InChI=1S/C19H26N4O2S/c1-13(2)11-17-21-22-18(26-17)14-5-4-10-23(12-14)19(24)20-15-6-8-16(25-3)9-7-15/h6-9,13-14H,4-5,10-12H2,1-3H3,(H,20,24). The molecule has 3 rings (SSSR count). The Morgan fingerprint density at radius 3 is 2.81 bits per heavy atom. The zero-order chi connectivity index (χ0) is 18.5. The number of urea groups is 1. The molecule has 2 heterocycles. The number of benzene rings is 1. The molecular weight excluding hydrogens is 348 g/mol. The monoisotopic (exact) mass is 374 g/mol. The Balaban J connectivity index is 1.60. The maximum atomic E-state index is 12.6.